The molecule has 0 radical (unpaired) electrons. The molecule has 0 fully saturated rings. The van der Waals surface area contributed by atoms with Crippen LogP contribution in [0.1, 0.15) is 30.9 Å². The lowest BCUT2D eigenvalue weighted by Gasteiger charge is -2.10. The normalized spacial score (nSPS) is 10.4. The lowest BCUT2D eigenvalue weighted by Crippen LogP contribution is -2.08. The van der Waals surface area contributed by atoms with Gasteiger partial charge in [-0.25, -0.2) is 0 Å². The number of carbonyl (C=O) groups is 1. The van der Waals surface area contributed by atoms with Gasteiger partial charge in [0.15, 0.2) is 5.75 Å². The molecule has 0 saturated heterocycles. The van der Waals surface area contributed by atoms with E-state index in [-0.39, 0.29) is 11.7 Å². The van der Waals surface area contributed by atoms with Crippen LogP contribution in [-0.4, -0.2) is 5.97 Å². The summed E-state index contributed by atoms with van der Waals surface area (Å²) in [6.45, 7) is 1.91. The summed E-state index contributed by atoms with van der Waals surface area (Å²) < 4.78 is 5.22. The summed E-state index contributed by atoms with van der Waals surface area (Å²) >= 11 is 12.4. The van der Waals surface area contributed by atoms with Crippen LogP contribution in [0.3, 0.4) is 0 Å². The van der Waals surface area contributed by atoms with E-state index in [1.807, 2.05) is 37.3 Å². The van der Waals surface area contributed by atoms with Gasteiger partial charge >= 0.3 is 5.97 Å². The Kier molecular flexibility index (Phi) is 5.66. The van der Waals surface area contributed by atoms with Gasteiger partial charge in [-0.05, 0) is 36.1 Å². The third-order valence-electron chi connectivity index (χ3n) is 2.98. The maximum absolute atomic E-state index is 11.6. The third kappa shape index (κ3) is 4.48. The highest BCUT2D eigenvalue weighted by atomic mass is 35.5. The van der Waals surface area contributed by atoms with Crippen LogP contribution < -0.4 is 4.74 Å². The third-order valence-corrected chi connectivity index (χ3v) is 3.54. The average Bonchev–Trinajstić information content (AvgIpc) is 2.44. The molecule has 2 rings (SSSR count). The molecule has 0 N–H and O–H groups in total. The van der Waals surface area contributed by atoms with Crippen LogP contribution >= 0.6 is 23.2 Å². The van der Waals surface area contributed by atoms with Crippen LogP contribution in [0, 0.1) is 0 Å². The van der Waals surface area contributed by atoms with Gasteiger partial charge in [-0.1, -0.05) is 60.5 Å². The first-order valence-electron chi connectivity index (χ1n) is 6.82. The molecule has 0 aliphatic carbocycles. The Morgan fingerprint density at radius 3 is 2.24 bits per heavy atom. The fraction of sp³-hybridized carbons (Fsp3) is 0.235. The summed E-state index contributed by atoms with van der Waals surface area (Å²) in [5.41, 5.74) is 2.15. The number of hydrogen-bond donors (Lipinski definition) is 0. The minimum absolute atomic E-state index is 0.244. The van der Waals surface area contributed by atoms with Crippen molar-refractivity contribution in [1.29, 1.82) is 0 Å². The van der Waals surface area contributed by atoms with Gasteiger partial charge in [0.2, 0.25) is 0 Å². The van der Waals surface area contributed by atoms with E-state index in [0.717, 1.165) is 18.4 Å². The summed E-state index contributed by atoms with van der Waals surface area (Å²) in [7, 11) is 0. The van der Waals surface area contributed by atoms with Gasteiger partial charge in [0.1, 0.15) is 0 Å². The van der Waals surface area contributed by atoms with Gasteiger partial charge in [0.05, 0.1) is 10.0 Å². The first kappa shape index (κ1) is 15.9. The highest BCUT2D eigenvalue weighted by Gasteiger charge is 2.13. The van der Waals surface area contributed by atoms with Crippen molar-refractivity contribution in [2.24, 2.45) is 0 Å². The van der Waals surface area contributed by atoms with Crippen LogP contribution in [0.5, 0.6) is 5.75 Å². The van der Waals surface area contributed by atoms with E-state index >= 15 is 0 Å². The number of esters is 1. The molecular weight excluding hydrogens is 307 g/mol. The van der Waals surface area contributed by atoms with Gasteiger partial charge in [0.25, 0.3) is 0 Å². The van der Waals surface area contributed by atoms with E-state index < -0.39 is 0 Å². The van der Waals surface area contributed by atoms with Crippen molar-refractivity contribution in [2.45, 2.75) is 26.2 Å². The van der Waals surface area contributed by atoms with Crippen molar-refractivity contribution in [3.05, 3.63) is 63.6 Å². The largest absolute Gasteiger partial charge is 0.423 e. The Bertz CT molecular complexity index is 601. The van der Waals surface area contributed by atoms with Crippen molar-refractivity contribution in [3.63, 3.8) is 0 Å². The highest BCUT2D eigenvalue weighted by Crippen LogP contribution is 2.35. The van der Waals surface area contributed by atoms with Crippen LogP contribution in [0.4, 0.5) is 0 Å². The van der Waals surface area contributed by atoms with Crippen molar-refractivity contribution >= 4 is 29.2 Å². The Hall–Kier alpha value is -1.51. The van der Waals surface area contributed by atoms with Crippen molar-refractivity contribution < 1.29 is 9.53 Å². The molecule has 0 aliphatic rings. The maximum Gasteiger partial charge on any atom is 0.311 e. The molecule has 4 heteroatoms. The molecule has 0 heterocycles. The van der Waals surface area contributed by atoms with Crippen molar-refractivity contribution in [2.75, 3.05) is 0 Å². The Morgan fingerprint density at radius 2 is 1.67 bits per heavy atom. The molecule has 0 aliphatic heterocycles. The summed E-state index contributed by atoms with van der Waals surface area (Å²) in [5.74, 6) is -0.0781. The number of halogens is 2. The SMILES string of the molecule is CCCC(=O)Oc1c(Cl)cc(Cc2ccccc2)cc1Cl. The Morgan fingerprint density at radius 1 is 1.05 bits per heavy atom. The molecule has 0 atom stereocenters. The summed E-state index contributed by atoms with van der Waals surface area (Å²) in [4.78, 5) is 11.6. The molecule has 0 bridgehead atoms. The molecule has 110 valence electrons. The zero-order valence-corrected chi connectivity index (χ0v) is 13.2. The molecule has 0 saturated carbocycles. The molecule has 0 amide bonds. The monoisotopic (exact) mass is 322 g/mol. The molecule has 0 unspecified atom stereocenters. The smallest absolute Gasteiger partial charge is 0.311 e. The zero-order chi connectivity index (χ0) is 15.2. The van der Waals surface area contributed by atoms with E-state index in [2.05, 4.69) is 0 Å². The van der Waals surface area contributed by atoms with Gasteiger partial charge in [-0.15, -0.1) is 0 Å². The molecule has 2 nitrogen and oxygen atoms in total. The number of ether oxygens (including phenoxy) is 1. The number of benzene rings is 2. The maximum atomic E-state index is 11.6. The van der Waals surface area contributed by atoms with Crippen molar-refractivity contribution in [3.8, 4) is 5.75 Å². The van der Waals surface area contributed by atoms with E-state index in [9.17, 15) is 4.79 Å². The first-order valence-corrected chi connectivity index (χ1v) is 7.58. The van der Waals surface area contributed by atoms with Gasteiger partial charge in [0, 0.05) is 6.42 Å². The molecule has 2 aromatic carbocycles. The minimum atomic E-state index is -0.322. The standard InChI is InChI=1S/C17H16Cl2O2/c1-2-6-16(20)21-17-14(18)10-13(11-15(17)19)9-12-7-4-3-5-8-12/h3-5,7-8,10-11H,2,6,9H2,1H3. The van der Waals surface area contributed by atoms with E-state index in [0.29, 0.717) is 16.5 Å². The zero-order valence-electron chi connectivity index (χ0n) is 11.7. The van der Waals surface area contributed by atoms with Crippen molar-refractivity contribution in [1.82, 2.24) is 0 Å². The van der Waals surface area contributed by atoms with Gasteiger partial charge < -0.3 is 4.74 Å². The van der Waals surface area contributed by atoms with Gasteiger partial charge in [-0.2, -0.15) is 0 Å². The number of carbonyl (C=O) groups excluding carboxylic acids is 1. The van der Waals surface area contributed by atoms with Crippen LogP contribution in [0.15, 0.2) is 42.5 Å². The summed E-state index contributed by atoms with van der Waals surface area (Å²) in [6, 6.07) is 13.6. The second kappa shape index (κ2) is 7.48. The Labute approximate surface area is 134 Å². The molecule has 0 spiro atoms. The first-order chi connectivity index (χ1) is 10.1. The quantitative estimate of drug-likeness (QED) is 0.552. The number of hydrogen-bond acceptors (Lipinski definition) is 2. The molecule has 21 heavy (non-hydrogen) atoms. The molecular formula is C17H16Cl2O2. The fourth-order valence-electron chi connectivity index (χ4n) is 2.01. The minimum Gasteiger partial charge on any atom is -0.423 e. The van der Waals surface area contributed by atoms with E-state index in [4.69, 9.17) is 27.9 Å². The predicted molar refractivity (Wildman–Crippen MR) is 86.3 cm³/mol. The lowest BCUT2D eigenvalue weighted by atomic mass is 10.1. The lowest BCUT2D eigenvalue weighted by molar-refractivity contribution is -0.134. The van der Waals surface area contributed by atoms with E-state index in [1.54, 1.807) is 12.1 Å². The molecule has 0 aromatic heterocycles. The second-order valence-electron chi connectivity index (χ2n) is 4.78. The van der Waals surface area contributed by atoms with Gasteiger partial charge in [-0.3, -0.25) is 4.79 Å². The van der Waals surface area contributed by atoms with Crippen LogP contribution in [-0.2, 0) is 11.2 Å². The summed E-state index contributed by atoms with van der Waals surface area (Å²) in [5, 5.41) is 0.718. The highest BCUT2D eigenvalue weighted by molar-refractivity contribution is 6.37. The van der Waals surface area contributed by atoms with Crippen LogP contribution in [0.25, 0.3) is 0 Å². The Balaban J connectivity index is 2.19. The average molecular weight is 323 g/mol. The summed E-state index contributed by atoms with van der Waals surface area (Å²) in [6.07, 6.45) is 1.79. The number of rotatable bonds is 5. The predicted octanol–water partition coefficient (Wildman–Crippen LogP) is 5.29. The van der Waals surface area contributed by atoms with E-state index in [1.165, 1.54) is 5.56 Å². The molecule has 2 aromatic rings. The topological polar surface area (TPSA) is 26.3 Å². The second-order valence-corrected chi connectivity index (χ2v) is 5.59. The fourth-order valence-corrected chi connectivity index (χ4v) is 2.62. The van der Waals surface area contributed by atoms with Crippen LogP contribution in [0.2, 0.25) is 10.0 Å².